The van der Waals surface area contributed by atoms with Gasteiger partial charge in [-0.15, -0.1) is 0 Å². The third kappa shape index (κ3) is 6.61. The zero-order valence-electron chi connectivity index (χ0n) is 15.1. The highest BCUT2D eigenvalue weighted by Crippen LogP contribution is 2.25. The number of ether oxygens (including phenoxy) is 2. The van der Waals surface area contributed by atoms with E-state index in [1.165, 1.54) is 18.2 Å². The highest BCUT2D eigenvalue weighted by molar-refractivity contribution is 5.68. The van der Waals surface area contributed by atoms with Gasteiger partial charge in [-0.1, -0.05) is 18.2 Å². The Morgan fingerprint density at radius 1 is 1.24 bits per heavy atom. The summed E-state index contributed by atoms with van der Waals surface area (Å²) >= 11 is 0. The predicted octanol–water partition coefficient (Wildman–Crippen LogP) is 4.69. The van der Waals surface area contributed by atoms with Crippen LogP contribution in [0.5, 0.6) is 0 Å². The molecule has 1 aliphatic carbocycles. The molecule has 140 valence electrons. The third-order valence-corrected chi connectivity index (χ3v) is 4.12. The standard InChI is InChI=1S/C19H27F2NO3/c1-19(2,3)25-18(23)22-13-8-10-14(11-9-13)24-12-17(21)15-6-4-5-7-16(15)20/h4-7,13-14,17H,8-12H2,1-3H3,(H,22,23)/t13?,14?,17-/m1/s1. The van der Waals surface area contributed by atoms with Crippen molar-refractivity contribution in [2.24, 2.45) is 0 Å². The summed E-state index contributed by atoms with van der Waals surface area (Å²) in [4.78, 5) is 11.8. The highest BCUT2D eigenvalue weighted by Gasteiger charge is 2.26. The van der Waals surface area contributed by atoms with Gasteiger partial charge in [0.05, 0.1) is 12.7 Å². The van der Waals surface area contributed by atoms with Crippen molar-refractivity contribution < 1.29 is 23.0 Å². The van der Waals surface area contributed by atoms with Crippen LogP contribution in [0.2, 0.25) is 0 Å². The molecular formula is C19H27F2NO3. The number of hydrogen-bond donors (Lipinski definition) is 1. The zero-order chi connectivity index (χ0) is 18.4. The van der Waals surface area contributed by atoms with Gasteiger partial charge in [-0.05, 0) is 52.5 Å². The van der Waals surface area contributed by atoms with Crippen molar-refractivity contribution in [2.45, 2.75) is 70.4 Å². The monoisotopic (exact) mass is 355 g/mol. The molecule has 6 heteroatoms. The molecule has 1 atom stereocenters. The topological polar surface area (TPSA) is 47.6 Å². The van der Waals surface area contributed by atoms with Gasteiger partial charge in [-0.2, -0.15) is 0 Å². The molecule has 1 amide bonds. The van der Waals surface area contributed by atoms with Crippen LogP contribution in [0.1, 0.15) is 58.2 Å². The number of halogens is 2. The predicted molar refractivity (Wildman–Crippen MR) is 91.6 cm³/mol. The lowest BCUT2D eigenvalue weighted by Crippen LogP contribution is -2.42. The van der Waals surface area contributed by atoms with Gasteiger partial charge >= 0.3 is 6.09 Å². The molecule has 0 aliphatic heterocycles. The van der Waals surface area contributed by atoms with Crippen LogP contribution in [0.15, 0.2) is 24.3 Å². The first-order valence-corrected chi connectivity index (χ1v) is 8.74. The lowest BCUT2D eigenvalue weighted by Gasteiger charge is -2.30. The minimum atomic E-state index is -1.47. The van der Waals surface area contributed by atoms with Crippen molar-refractivity contribution in [1.29, 1.82) is 0 Å². The first-order chi connectivity index (χ1) is 11.7. The number of carbonyl (C=O) groups excluding carboxylic acids is 1. The van der Waals surface area contributed by atoms with E-state index in [0.29, 0.717) is 0 Å². The van der Waals surface area contributed by atoms with Gasteiger partial charge in [0, 0.05) is 11.6 Å². The lowest BCUT2D eigenvalue weighted by atomic mass is 9.93. The lowest BCUT2D eigenvalue weighted by molar-refractivity contribution is -0.00735. The van der Waals surface area contributed by atoms with E-state index < -0.39 is 23.7 Å². The van der Waals surface area contributed by atoms with E-state index in [-0.39, 0.29) is 24.3 Å². The van der Waals surface area contributed by atoms with Gasteiger partial charge < -0.3 is 14.8 Å². The molecule has 1 saturated carbocycles. The summed E-state index contributed by atoms with van der Waals surface area (Å²) in [5.74, 6) is -0.552. The molecule has 0 heterocycles. The van der Waals surface area contributed by atoms with Crippen molar-refractivity contribution in [1.82, 2.24) is 5.32 Å². The molecule has 1 N–H and O–H groups in total. The maximum atomic E-state index is 14.1. The van der Waals surface area contributed by atoms with Crippen molar-refractivity contribution in [3.05, 3.63) is 35.6 Å². The number of carbonyl (C=O) groups is 1. The van der Waals surface area contributed by atoms with Gasteiger partial charge in [0.1, 0.15) is 11.4 Å². The number of nitrogens with one attached hydrogen (secondary N) is 1. The molecular weight excluding hydrogens is 328 g/mol. The molecule has 0 unspecified atom stereocenters. The van der Waals surface area contributed by atoms with Crippen LogP contribution in [-0.2, 0) is 9.47 Å². The summed E-state index contributed by atoms with van der Waals surface area (Å²) in [5.41, 5.74) is -0.490. The molecule has 1 fully saturated rings. The van der Waals surface area contributed by atoms with E-state index in [1.54, 1.807) is 6.07 Å². The third-order valence-electron chi connectivity index (χ3n) is 4.12. The van der Waals surface area contributed by atoms with E-state index in [9.17, 15) is 13.6 Å². The van der Waals surface area contributed by atoms with Crippen molar-refractivity contribution >= 4 is 6.09 Å². The van der Waals surface area contributed by atoms with Crippen LogP contribution >= 0.6 is 0 Å². The second-order valence-electron chi connectivity index (χ2n) is 7.44. The Morgan fingerprint density at radius 3 is 2.48 bits per heavy atom. The molecule has 25 heavy (non-hydrogen) atoms. The minimum absolute atomic E-state index is 0.0304. The first kappa shape index (κ1) is 19.6. The molecule has 1 aromatic carbocycles. The maximum Gasteiger partial charge on any atom is 0.407 e. The molecule has 1 aliphatic rings. The SMILES string of the molecule is CC(C)(C)OC(=O)NC1CCC(OC[C@@H](F)c2ccccc2F)CC1. The maximum absolute atomic E-state index is 14.1. The second-order valence-corrected chi connectivity index (χ2v) is 7.44. The quantitative estimate of drug-likeness (QED) is 0.834. The Bertz CT molecular complexity index is 566. The molecule has 0 spiro atoms. The Morgan fingerprint density at radius 2 is 1.88 bits per heavy atom. The van der Waals surface area contributed by atoms with E-state index in [2.05, 4.69) is 5.32 Å². The summed E-state index contributed by atoms with van der Waals surface area (Å²) in [6.07, 6.45) is 0.997. The van der Waals surface area contributed by atoms with E-state index in [0.717, 1.165) is 25.7 Å². The summed E-state index contributed by atoms with van der Waals surface area (Å²) in [6, 6.07) is 5.87. The summed E-state index contributed by atoms with van der Waals surface area (Å²) in [5, 5.41) is 2.85. The summed E-state index contributed by atoms with van der Waals surface area (Å²) in [6.45, 7) is 5.30. The molecule has 0 saturated heterocycles. The van der Waals surface area contributed by atoms with Crippen molar-refractivity contribution in [2.75, 3.05) is 6.61 Å². The average molecular weight is 355 g/mol. The molecule has 0 bridgehead atoms. The molecule has 4 nitrogen and oxygen atoms in total. The molecule has 0 radical (unpaired) electrons. The first-order valence-electron chi connectivity index (χ1n) is 8.74. The minimum Gasteiger partial charge on any atom is -0.444 e. The number of rotatable bonds is 5. The van der Waals surface area contributed by atoms with Gasteiger partial charge in [-0.25, -0.2) is 13.6 Å². The Hall–Kier alpha value is -1.69. The van der Waals surface area contributed by atoms with Gasteiger partial charge in [0.15, 0.2) is 6.17 Å². The summed E-state index contributed by atoms with van der Waals surface area (Å²) < 4.78 is 38.5. The van der Waals surface area contributed by atoms with Crippen LogP contribution < -0.4 is 5.32 Å². The van der Waals surface area contributed by atoms with Crippen LogP contribution in [0.4, 0.5) is 13.6 Å². The Balaban J connectivity index is 1.70. The highest BCUT2D eigenvalue weighted by atomic mass is 19.1. The Labute approximate surface area is 147 Å². The fourth-order valence-corrected chi connectivity index (χ4v) is 2.89. The van der Waals surface area contributed by atoms with Crippen LogP contribution in [0, 0.1) is 5.82 Å². The van der Waals surface area contributed by atoms with Gasteiger partial charge in [0.25, 0.3) is 0 Å². The fraction of sp³-hybridized carbons (Fsp3) is 0.632. The van der Waals surface area contributed by atoms with Crippen molar-refractivity contribution in [3.63, 3.8) is 0 Å². The van der Waals surface area contributed by atoms with Crippen LogP contribution in [-0.4, -0.2) is 30.4 Å². The number of alkyl halides is 1. The number of amides is 1. The molecule has 0 aromatic heterocycles. The van der Waals surface area contributed by atoms with Crippen LogP contribution in [0.3, 0.4) is 0 Å². The largest absolute Gasteiger partial charge is 0.444 e. The fourth-order valence-electron chi connectivity index (χ4n) is 2.89. The van der Waals surface area contributed by atoms with E-state index in [1.807, 2.05) is 20.8 Å². The summed E-state index contributed by atoms with van der Waals surface area (Å²) in [7, 11) is 0. The molecule has 2 rings (SSSR count). The van der Waals surface area contributed by atoms with Gasteiger partial charge in [0.2, 0.25) is 0 Å². The second kappa shape index (κ2) is 8.61. The number of benzene rings is 1. The average Bonchev–Trinajstić information content (AvgIpc) is 2.52. The smallest absolute Gasteiger partial charge is 0.407 e. The molecule has 1 aromatic rings. The zero-order valence-corrected chi connectivity index (χ0v) is 15.1. The van der Waals surface area contributed by atoms with Crippen LogP contribution in [0.25, 0.3) is 0 Å². The van der Waals surface area contributed by atoms with Gasteiger partial charge in [-0.3, -0.25) is 0 Å². The number of hydrogen-bond acceptors (Lipinski definition) is 3. The Kier molecular flexibility index (Phi) is 6.76. The number of alkyl carbamates (subject to hydrolysis) is 1. The van der Waals surface area contributed by atoms with Crippen molar-refractivity contribution in [3.8, 4) is 0 Å². The normalized spacial score (nSPS) is 22.3. The van der Waals surface area contributed by atoms with E-state index >= 15 is 0 Å². The van der Waals surface area contributed by atoms with E-state index in [4.69, 9.17) is 9.47 Å².